The normalized spacial score (nSPS) is 11.7. The Morgan fingerprint density at radius 3 is 2.61 bits per heavy atom. The average Bonchev–Trinajstić information content (AvgIpc) is 3.17. The summed E-state index contributed by atoms with van der Waals surface area (Å²) in [6, 6.07) is 20.1. The maximum absolute atomic E-state index is 6.43. The van der Waals surface area contributed by atoms with Gasteiger partial charge in [0.1, 0.15) is 10.6 Å². The number of fused-ring (bicyclic) bond motifs is 5. The molecule has 0 unspecified atom stereocenters. The fourth-order valence-corrected chi connectivity index (χ4v) is 4.28. The summed E-state index contributed by atoms with van der Waals surface area (Å²) in [5.41, 5.74) is 3.62. The van der Waals surface area contributed by atoms with Crippen molar-refractivity contribution in [2.75, 3.05) is 0 Å². The van der Waals surface area contributed by atoms with E-state index in [0.717, 1.165) is 42.7 Å². The van der Waals surface area contributed by atoms with Crippen LogP contribution >= 0.6 is 22.9 Å². The number of benzene rings is 3. The minimum Gasteiger partial charge on any atom is -0.454 e. The molecule has 0 aliphatic rings. The van der Waals surface area contributed by atoms with E-state index in [-0.39, 0.29) is 0 Å². The predicted molar refractivity (Wildman–Crippen MR) is 97.3 cm³/mol. The number of hydrogen-bond donors (Lipinski definition) is 0. The molecule has 0 saturated heterocycles. The van der Waals surface area contributed by atoms with Crippen LogP contribution in [-0.4, -0.2) is 4.98 Å². The topological polar surface area (TPSA) is 26.0 Å². The van der Waals surface area contributed by atoms with E-state index in [4.69, 9.17) is 21.0 Å². The minimum absolute atomic E-state index is 0.605. The first kappa shape index (κ1) is 13.1. The SMILES string of the molecule is Clc1cc2nc(-c3ccccc3)sc2c2c1oc1ccccc12. The summed E-state index contributed by atoms with van der Waals surface area (Å²) in [7, 11) is 0. The molecule has 5 aromatic rings. The van der Waals surface area contributed by atoms with Gasteiger partial charge in [-0.05, 0) is 12.1 Å². The first-order valence-electron chi connectivity index (χ1n) is 7.27. The molecule has 5 rings (SSSR count). The highest BCUT2D eigenvalue weighted by molar-refractivity contribution is 7.22. The zero-order valence-corrected chi connectivity index (χ0v) is 13.5. The molecule has 0 saturated carbocycles. The molecule has 2 nitrogen and oxygen atoms in total. The van der Waals surface area contributed by atoms with Gasteiger partial charge in [0.25, 0.3) is 0 Å². The van der Waals surface area contributed by atoms with Gasteiger partial charge in [-0.1, -0.05) is 60.1 Å². The molecule has 23 heavy (non-hydrogen) atoms. The first-order chi connectivity index (χ1) is 11.3. The number of furan rings is 1. The van der Waals surface area contributed by atoms with Gasteiger partial charge in [0.15, 0.2) is 5.58 Å². The monoisotopic (exact) mass is 335 g/mol. The third kappa shape index (κ3) is 1.90. The van der Waals surface area contributed by atoms with E-state index in [2.05, 4.69) is 18.2 Å². The van der Waals surface area contributed by atoms with Gasteiger partial charge in [-0.25, -0.2) is 4.98 Å². The Balaban J connectivity index is 1.94. The molecule has 0 bridgehead atoms. The summed E-state index contributed by atoms with van der Waals surface area (Å²) in [6.07, 6.45) is 0. The Kier molecular flexibility index (Phi) is 2.75. The fraction of sp³-hybridized carbons (Fsp3) is 0. The lowest BCUT2D eigenvalue weighted by atomic mass is 10.1. The second-order valence-electron chi connectivity index (χ2n) is 5.39. The molecule has 110 valence electrons. The van der Waals surface area contributed by atoms with Crippen LogP contribution in [0, 0.1) is 0 Å². The minimum atomic E-state index is 0.605. The second-order valence-corrected chi connectivity index (χ2v) is 6.80. The number of hydrogen-bond acceptors (Lipinski definition) is 3. The number of nitrogens with zero attached hydrogens (tertiary/aromatic N) is 1. The molecule has 0 amide bonds. The molecule has 2 heterocycles. The molecule has 2 aromatic heterocycles. The van der Waals surface area contributed by atoms with Crippen molar-refractivity contribution in [2.45, 2.75) is 0 Å². The van der Waals surface area contributed by atoms with Crippen molar-refractivity contribution in [3.05, 3.63) is 65.7 Å². The Bertz CT molecular complexity index is 1170. The van der Waals surface area contributed by atoms with Crippen LogP contribution < -0.4 is 0 Å². The predicted octanol–water partition coefficient (Wildman–Crippen LogP) is 6.52. The molecule has 3 aromatic carbocycles. The van der Waals surface area contributed by atoms with Gasteiger partial charge < -0.3 is 4.42 Å². The van der Waals surface area contributed by atoms with Crippen LogP contribution in [0.25, 0.3) is 42.7 Å². The van der Waals surface area contributed by atoms with Gasteiger partial charge in [-0.15, -0.1) is 11.3 Å². The molecular weight excluding hydrogens is 326 g/mol. The van der Waals surface area contributed by atoms with Crippen molar-refractivity contribution in [2.24, 2.45) is 0 Å². The summed E-state index contributed by atoms with van der Waals surface area (Å²) in [4.78, 5) is 4.77. The zero-order chi connectivity index (χ0) is 15.4. The average molecular weight is 336 g/mol. The number of aromatic nitrogens is 1. The lowest BCUT2D eigenvalue weighted by Crippen LogP contribution is -1.74. The number of thiazole rings is 1. The standard InChI is InChI=1S/C19H10ClNOS/c20-13-10-14-18(23-19(21-14)11-6-2-1-3-7-11)16-12-8-4-5-9-15(12)22-17(13)16/h1-10H. The van der Waals surface area contributed by atoms with Gasteiger partial charge in [0.05, 0.1) is 15.2 Å². The summed E-state index contributed by atoms with van der Waals surface area (Å²) in [6.45, 7) is 0. The second kappa shape index (κ2) is 4.82. The maximum Gasteiger partial charge on any atom is 0.155 e. The van der Waals surface area contributed by atoms with E-state index in [0.29, 0.717) is 5.02 Å². The molecule has 4 heteroatoms. The van der Waals surface area contributed by atoms with Crippen LogP contribution in [0.1, 0.15) is 0 Å². The molecule has 0 fully saturated rings. The van der Waals surface area contributed by atoms with Gasteiger partial charge >= 0.3 is 0 Å². The van der Waals surface area contributed by atoms with E-state index in [1.54, 1.807) is 11.3 Å². The van der Waals surface area contributed by atoms with E-state index in [1.165, 1.54) is 0 Å². The van der Waals surface area contributed by atoms with Crippen molar-refractivity contribution in [3.63, 3.8) is 0 Å². The number of halogens is 1. The van der Waals surface area contributed by atoms with Crippen LogP contribution in [0.3, 0.4) is 0 Å². The lowest BCUT2D eigenvalue weighted by Gasteiger charge is -1.94. The van der Waals surface area contributed by atoms with Crippen molar-refractivity contribution < 1.29 is 4.42 Å². The Morgan fingerprint density at radius 1 is 0.957 bits per heavy atom. The van der Waals surface area contributed by atoms with Crippen molar-refractivity contribution >= 4 is 55.1 Å². The summed E-state index contributed by atoms with van der Waals surface area (Å²) < 4.78 is 7.07. The Morgan fingerprint density at radius 2 is 1.74 bits per heavy atom. The van der Waals surface area contributed by atoms with E-state index in [1.807, 2.05) is 42.5 Å². The van der Waals surface area contributed by atoms with E-state index in [9.17, 15) is 0 Å². The zero-order valence-electron chi connectivity index (χ0n) is 11.9. The fourth-order valence-electron chi connectivity index (χ4n) is 2.94. The highest BCUT2D eigenvalue weighted by Crippen LogP contribution is 2.42. The number of rotatable bonds is 1. The van der Waals surface area contributed by atoms with Crippen LogP contribution in [0.2, 0.25) is 5.02 Å². The smallest absolute Gasteiger partial charge is 0.155 e. The largest absolute Gasteiger partial charge is 0.454 e. The molecular formula is C19H10ClNOS. The van der Waals surface area contributed by atoms with Crippen molar-refractivity contribution in [1.82, 2.24) is 4.98 Å². The molecule has 0 N–H and O–H groups in total. The van der Waals surface area contributed by atoms with Gasteiger partial charge in [0, 0.05) is 16.3 Å². The van der Waals surface area contributed by atoms with Gasteiger partial charge in [0.2, 0.25) is 0 Å². The highest BCUT2D eigenvalue weighted by atomic mass is 35.5. The summed E-state index contributed by atoms with van der Waals surface area (Å²) in [5.74, 6) is 0. The molecule has 0 atom stereocenters. The highest BCUT2D eigenvalue weighted by Gasteiger charge is 2.17. The Hall–Kier alpha value is -2.36. The number of para-hydroxylation sites is 1. The third-order valence-corrected chi connectivity index (χ3v) is 5.40. The van der Waals surface area contributed by atoms with E-state index < -0.39 is 0 Å². The maximum atomic E-state index is 6.43. The van der Waals surface area contributed by atoms with Crippen molar-refractivity contribution in [3.8, 4) is 10.6 Å². The molecule has 0 aliphatic carbocycles. The summed E-state index contributed by atoms with van der Waals surface area (Å²) in [5, 5.41) is 3.74. The summed E-state index contributed by atoms with van der Waals surface area (Å²) >= 11 is 8.11. The Labute approximate surface area is 140 Å². The molecule has 0 radical (unpaired) electrons. The third-order valence-electron chi connectivity index (χ3n) is 3.98. The first-order valence-corrected chi connectivity index (χ1v) is 8.46. The van der Waals surface area contributed by atoms with Crippen LogP contribution in [0.4, 0.5) is 0 Å². The van der Waals surface area contributed by atoms with Gasteiger partial charge in [-0.3, -0.25) is 0 Å². The van der Waals surface area contributed by atoms with Crippen LogP contribution in [0.15, 0.2) is 65.1 Å². The van der Waals surface area contributed by atoms with Crippen LogP contribution in [0.5, 0.6) is 0 Å². The molecule has 0 aliphatic heterocycles. The van der Waals surface area contributed by atoms with Crippen molar-refractivity contribution in [1.29, 1.82) is 0 Å². The lowest BCUT2D eigenvalue weighted by molar-refractivity contribution is 0.669. The van der Waals surface area contributed by atoms with Gasteiger partial charge in [-0.2, -0.15) is 0 Å². The van der Waals surface area contributed by atoms with E-state index >= 15 is 0 Å². The molecule has 0 spiro atoms. The quantitative estimate of drug-likeness (QED) is 0.348. The van der Waals surface area contributed by atoms with Crippen LogP contribution in [-0.2, 0) is 0 Å².